The van der Waals surface area contributed by atoms with Gasteiger partial charge in [-0.05, 0) is 31.7 Å². The Hall–Kier alpha value is -0.160. The lowest BCUT2D eigenvalue weighted by Crippen LogP contribution is -2.44. The molecule has 2 unspecified atom stereocenters. The summed E-state index contributed by atoms with van der Waals surface area (Å²) in [5.41, 5.74) is 0.295. The Kier molecular flexibility index (Phi) is 4.08. The highest BCUT2D eigenvalue weighted by Crippen LogP contribution is 2.55. The first kappa shape index (κ1) is 13.3. The standard InChI is InChI=1S/C13H26N2O2/c1-15-9-12(7-8-17-14)5-3-2-4-6-13(12,10-15)11-16/h16H,2-11,14H2,1H3. The maximum absolute atomic E-state index is 9.96. The van der Waals surface area contributed by atoms with Crippen molar-refractivity contribution in [3.8, 4) is 0 Å². The van der Waals surface area contributed by atoms with Crippen molar-refractivity contribution in [3.63, 3.8) is 0 Å². The number of rotatable bonds is 4. The largest absolute Gasteiger partial charge is 0.396 e. The second-order valence-corrected chi connectivity index (χ2v) is 6.07. The summed E-state index contributed by atoms with van der Waals surface area (Å²) in [5, 5.41) is 9.96. The van der Waals surface area contributed by atoms with Gasteiger partial charge in [-0.3, -0.25) is 0 Å². The summed E-state index contributed by atoms with van der Waals surface area (Å²) < 4.78 is 0. The Labute approximate surface area is 104 Å². The molecular weight excluding hydrogens is 216 g/mol. The number of likely N-dealkylation sites (tertiary alicyclic amines) is 1. The average Bonchev–Trinajstić information content (AvgIpc) is 2.48. The van der Waals surface area contributed by atoms with E-state index in [0.717, 1.165) is 25.9 Å². The van der Waals surface area contributed by atoms with Gasteiger partial charge >= 0.3 is 0 Å². The molecule has 0 bridgehead atoms. The molecule has 0 radical (unpaired) electrons. The Balaban J connectivity index is 2.25. The molecule has 0 spiro atoms. The molecule has 0 aromatic heterocycles. The van der Waals surface area contributed by atoms with E-state index in [1.165, 1.54) is 25.7 Å². The minimum absolute atomic E-state index is 0.0801. The predicted molar refractivity (Wildman–Crippen MR) is 67.3 cm³/mol. The summed E-state index contributed by atoms with van der Waals surface area (Å²) >= 11 is 0. The van der Waals surface area contributed by atoms with Gasteiger partial charge in [0.2, 0.25) is 0 Å². The topological polar surface area (TPSA) is 58.7 Å². The molecule has 3 N–H and O–H groups in total. The molecule has 1 aliphatic carbocycles. The van der Waals surface area contributed by atoms with Crippen LogP contribution in [0.1, 0.15) is 38.5 Å². The molecule has 0 aromatic rings. The molecule has 2 fully saturated rings. The number of aliphatic hydroxyl groups is 1. The lowest BCUT2D eigenvalue weighted by Gasteiger charge is -2.43. The molecule has 1 heterocycles. The molecule has 100 valence electrons. The highest BCUT2D eigenvalue weighted by molar-refractivity contribution is 5.06. The van der Waals surface area contributed by atoms with Crippen molar-refractivity contribution in [2.24, 2.45) is 16.7 Å². The molecule has 17 heavy (non-hydrogen) atoms. The molecular formula is C13H26N2O2. The molecule has 4 heteroatoms. The van der Waals surface area contributed by atoms with Crippen LogP contribution < -0.4 is 5.90 Å². The molecule has 0 aromatic carbocycles. The van der Waals surface area contributed by atoms with E-state index in [-0.39, 0.29) is 10.8 Å². The fourth-order valence-electron chi connectivity index (χ4n) is 4.24. The molecule has 2 rings (SSSR count). The SMILES string of the molecule is CN1CC2(CO)CCCCCC2(CCON)C1. The number of aliphatic hydroxyl groups excluding tert-OH is 1. The van der Waals surface area contributed by atoms with Crippen LogP contribution in [0, 0.1) is 10.8 Å². The second-order valence-electron chi connectivity index (χ2n) is 6.07. The number of nitrogens with zero attached hydrogens (tertiary/aromatic N) is 1. The quantitative estimate of drug-likeness (QED) is 0.726. The van der Waals surface area contributed by atoms with Crippen LogP contribution in [0.2, 0.25) is 0 Å². The molecule has 2 aliphatic rings. The summed E-state index contributed by atoms with van der Waals surface area (Å²) in [4.78, 5) is 7.19. The van der Waals surface area contributed by atoms with Gasteiger partial charge in [0, 0.05) is 18.5 Å². The van der Waals surface area contributed by atoms with Crippen molar-refractivity contribution in [3.05, 3.63) is 0 Å². The first-order chi connectivity index (χ1) is 8.18. The van der Waals surface area contributed by atoms with Crippen LogP contribution in [0.25, 0.3) is 0 Å². The van der Waals surface area contributed by atoms with Crippen LogP contribution in [-0.2, 0) is 4.84 Å². The molecule has 4 nitrogen and oxygen atoms in total. The fourth-order valence-corrected chi connectivity index (χ4v) is 4.24. The number of fused-ring (bicyclic) bond motifs is 1. The zero-order valence-corrected chi connectivity index (χ0v) is 11.0. The Morgan fingerprint density at radius 2 is 1.82 bits per heavy atom. The van der Waals surface area contributed by atoms with Gasteiger partial charge in [-0.2, -0.15) is 0 Å². The summed E-state index contributed by atoms with van der Waals surface area (Å²) in [6.07, 6.45) is 7.17. The van der Waals surface area contributed by atoms with Crippen LogP contribution in [0.5, 0.6) is 0 Å². The minimum Gasteiger partial charge on any atom is -0.396 e. The first-order valence-corrected chi connectivity index (χ1v) is 6.79. The van der Waals surface area contributed by atoms with E-state index in [0.29, 0.717) is 13.2 Å². The third-order valence-corrected chi connectivity index (χ3v) is 5.08. The van der Waals surface area contributed by atoms with Gasteiger partial charge in [-0.25, -0.2) is 5.90 Å². The van der Waals surface area contributed by atoms with E-state index in [9.17, 15) is 5.11 Å². The second kappa shape index (κ2) is 5.22. The van der Waals surface area contributed by atoms with Crippen molar-refractivity contribution in [2.75, 3.05) is 33.4 Å². The van der Waals surface area contributed by atoms with Crippen LogP contribution in [0.3, 0.4) is 0 Å². The van der Waals surface area contributed by atoms with Gasteiger partial charge < -0.3 is 14.8 Å². The molecule has 1 saturated heterocycles. The average molecular weight is 242 g/mol. The third-order valence-electron chi connectivity index (χ3n) is 5.08. The van der Waals surface area contributed by atoms with Crippen LogP contribution in [-0.4, -0.2) is 43.4 Å². The third kappa shape index (κ3) is 2.24. The summed E-state index contributed by atoms with van der Waals surface area (Å²) in [6.45, 7) is 3.02. The summed E-state index contributed by atoms with van der Waals surface area (Å²) in [6, 6.07) is 0. The van der Waals surface area contributed by atoms with Gasteiger partial charge in [0.25, 0.3) is 0 Å². The van der Waals surface area contributed by atoms with Crippen molar-refractivity contribution in [1.82, 2.24) is 4.90 Å². The lowest BCUT2D eigenvalue weighted by molar-refractivity contribution is -0.0109. The maximum atomic E-state index is 9.96. The first-order valence-electron chi connectivity index (χ1n) is 6.79. The van der Waals surface area contributed by atoms with Crippen molar-refractivity contribution < 1.29 is 9.94 Å². The van der Waals surface area contributed by atoms with Crippen LogP contribution in [0.15, 0.2) is 0 Å². The smallest absolute Gasteiger partial charge is 0.0685 e. The maximum Gasteiger partial charge on any atom is 0.0685 e. The molecule has 2 atom stereocenters. The predicted octanol–water partition coefficient (Wildman–Crippen LogP) is 1.14. The van der Waals surface area contributed by atoms with Crippen molar-refractivity contribution >= 4 is 0 Å². The fraction of sp³-hybridized carbons (Fsp3) is 1.00. The molecule has 0 amide bonds. The Bertz CT molecular complexity index is 262. The van der Waals surface area contributed by atoms with Crippen LogP contribution in [0.4, 0.5) is 0 Å². The number of hydrogen-bond donors (Lipinski definition) is 2. The highest BCUT2D eigenvalue weighted by Gasteiger charge is 2.55. The van der Waals surface area contributed by atoms with Crippen molar-refractivity contribution in [1.29, 1.82) is 0 Å². The van der Waals surface area contributed by atoms with Gasteiger partial charge in [0.15, 0.2) is 0 Å². The number of nitrogens with two attached hydrogens (primary N) is 1. The van der Waals surface area contributed by atoms with Gasteiger partial charge in [-0.1, -0.05) is 19.3 Å². The lowest BCUT2D eigenvalue weighted by atomic mass is 9.61. The molecule has 1 aliphatic heterocycles. The summed E-state index contributed by atoms with van der Waals surface area (Å²) in [7, 11) is 2.16. The van der Waals surface area contributed by atoms with E-state index in [2.05, 4.69) is 11.9 Å². The normalized spacial score (nSPS) is 39.0. The van der Waals surface area contributed by atoms with Crippen molar-refractivity contribution in [2.45, 2.75) is 38.5 Å². The zero-order chi connectivity index (χ0) is 12.4. The highest BCUT2D eigenvalue weighted by atomic mass is 16.6. The van der Waals surface area contributed by atoms with Gasteiger partial charge in [0.05, 0.1) is 13.2 Å². The Morgan fingerprint density at radius 3 is 2.47 bits per heavy atom. The van der Waals surface area contributed by atoms with Gasteiger partial charge in [0.1, 0.15) is 0 Å². The Morgan fingerprint density at radius 1 is 1.18 bits per heavy atom. The monoisotopic (exact) mass is 242 g/mol. The molecule has 1 saturated carbocycles. The van der Waals surface area contributed by atoms with E-state index < -0.39 is 0 Å². The van der Waals surface area contributed by atoms with E-state index >= 15 is 0 Å². The number of hydrogen-bond acceptors (Lipinski definition) is 4. The summed E-state index contributed by atoms with van der Waals surface area (Å²) in [5.74, 6) is 5.21. The minimum atomic E-state index is 0.0801. The zero-order valence-electron chi connectivity index (χ0n) is 11.0. The van der Waals surface area contributed by atoms with E-state index in [4.69, 9.17) is 10.7 Å². The van der Waals surface area contributed by atoms with Crippen LogP contribution >= 0.6 is 0 Å². The van der Waals surface area contributed by atoms with E-state index in [1.807, 2.05) is 0 Å². The van der Waals surface area contributed by atoms with Gasteiger partial charge in [-0.15, -0.1) is 0 Å². The van der Waals surface area contributed by atoms with E-state index in [1.54, 1.807) is 0 Å².